The van der Waals surface area contributed by atoms with E-state index in [4.69, 9.17) is 0 Å². The molecule has 21 heavy (non-hydrogen) atoms. The zero-order valence-corrected chi connectivity index (χ0v) is 12.2. The smallest absolute Gasteiger partial charge is 0.131 e. The van der Waals surface area contributed by atoms with Gasteiger partial charge in [-0.05, 0) is 17.7 Å². The number of hydrogen-bond donors (Lipinski definition) is 0. The molecule has 1 nitrogen and oxygen atoms in total. The van der Waals surface area contributed by atoms with E-state index in [1.54, 1.807) is 0 Å². The van der Waals surface area contributed by atoms with Crippen LogP contribution in [0.5, 0.6) is 0 Å². The van der Waals surface area contributed by atoms with E-state index in [0.717, 1.165) is 17.5 Å². The standard InChI is InChI=1S/C18H17F2N/c1-12-18(2,3)15-6-4-5-7-17(15)21(12)11-13-8-9-14(19)10-16(13)20/h4-10H,1,11H2,2-3H3. The number of halogens is 2. The summed E-state index contributed by atoms with van der Waals surface area (Å²) in [6.45, 7) is 8.74. The molecule has 0 amide bonds. The van der Waals surface area contributed by atoms with Crippen LogP contribution in [0.1, 0.15) is 25.0 Å². The lowest BCUT2D eigenvalue weighted by Crippen LogP contribution is -2.25. The van der Waals surface area contributed by atoms with Gasteiger partial charge in [-0.25, -0.2) is 8.78 Å². The summed E-state index contributed by atoms with van der Waals surface area (Å²) in [5.41, 5.74) is 3.42. The molecule has 0 aromatic heterocycles. The molecule has 0 atom stereocenters. The van der Waals surface area contributed by atoms with Crippen LogP contribution < -0.4 is 4.90 Å². The summed E-state index contributed by atoms with van der Waals surface area (Å²) in [5, 5.41) is 0. The summed E-state index contributed by atoms with van der Waals surface area (Å²) in [5.74, 6) is -1.08. The molecule has 0 spiro atoms. The average Bonchev–Trinajstić information content (AvgIpc) is 2.63. The van der Waals surface area contributed by atoms with Crippen LogP contribution in [0.4, 0.5) is 14.5 Å². The van der Waals surface area contributed by atoms with Gasteiger partial charge < -0.3 is 4.90 Å². The van der Waals surface area contributed by atoms with Gasteiger partial charge in [-0.15, -0.1) is 0 Å². The molecule has 108 valence electrons. The van der Waals surface area contributed by atoms with Gasteiger partial charge in [-0.2, -0.15) is 0 Å². The van der Waals surface area contributed by atoms with Crippen LogP contribution in [0, 0.1) is 11.6 Å². The summed E-state index contributed by atoms with van der Waals surface area (Å²) in [6.07, 6.45) is 0. The number of rotatable bonds is 2. The van der Waals surface area contributed by atoms with E-state index >= 15 is 0 Å². The minimum absolute atomic E-state index is 0.187. The molecular formula is C18H17F2N. The van der Waals surface area contributed by atoms with Gasteiger partial charge in [0.05, 0.1) is 6.54 Å². The summed E-state index contributed by atoms with van der Waals surface area (Å²) in [6, 6.07) is 11.7. The second kappa shape index (κ2) is 4.69. The molecule has 0 fully saturated rings. The largest absolute Gasteiger partial charge is 0.340 e. The molecule has 3 rings (SSSR count). The van der Waals surface area contributed by atoms with Crippen LogP contribution in [0.2, 0.25) is 0 Å². The zero-order chi connectivity index (χ0) is 15.2. The van der Waals surface area contributed by atoms with Crippen molar-refractivity contribution in [3.63, 3.8) is 0 Å². The van der Waals surface area contributed by atoms with E-state index < -0.39 is 11.6 Å². The van der Waals surface area contributed by atoms with E-state index in [2.05, 4.69) is 26.5 Å². The molecule has 2 aromatic carbocycles. The molecule has 0 N–H and O–H groups in total. The molecule has 0 saturated heterocycles. The van der Waals surface area contributed by atoms with Crippen molar-refractivity contribution < 1.29 is 8.78 Å². The van der Waals surface area contributed by atoms with E-state index in [0.29, 0.717) is 12.1 Å². The van der Waals surface area contributed by atoms with Gasteiger partial charge in [-0.3, -0.25) is 0 Å². The number of allylic oxidation sites excluding steroid dienone is 1. The molecule has 0 unspecified atom stereocenters. The predicted octanol–water partition coefficient (Wildman–Crippen LogP) is 4.78. The number of benzene rings is 2. The van der Waals surface area contributed by atoms with Crippen LogP contribution in [0.25, 0.3) is 0 Å². The van der Waals surface area contributed by atoms with Crippen LogP contribution >= 0.6 is 0 Å². The van der Waals surface area contributed by atoms with Crippen LogP contribution in [-0.2, 0) is 12.0 Å². The maximum Gasteiger partial charge on any atom is 0.131 e. The number of para-hydroxylation sites is 1. The second-order valence-electron chi connectivity index (χ2n) is 5.91. The monoisotopic (exact) mass is 285 g/mol. The fourth-order valence-electron chi connectivity index (χ4n) is 2.88. The van der Waals surface area contributed by atoms with E-state index in [9.17, 15) is 8.78 Å². The topological polar surface area (TPSA) is 3.24 Å². The minimum atomic E-state index is -0.558. The SMILES string of the molecule is C=C1N(Cc2ccc(F)cc2F)c2ccccc2C1(C)C. The van der Waals surface area contributed by atoms with Crippen molar-refractivity contribution in [2.75, 3.05) is 4.90 Å². The van der Waals surface area contributed by atoms with Crippen LogP contribution in [0.3, 0.4) is 0 Å². The Balaban J connectivity index is 2.02. The first-order valence-corrected chi connectivity index (χ1v) is 6.91. The quantitative estimate of drug-likeness (QED) is 0.767. The predicted molar refractivity (Wildman–Crippen MR) is 81.1 cm³/mol. The Hall–Kier alpha value is -2.16. The van der Waals surface area contributed by atoms with Gasteiger partial charge in [0.25, 0.3) is 0 Å². The van der Waals surface area contributed by atoms with Gasteiger partial charge in [-0.1, -0.05) is 44.7 Å². The highest BCUT2D eigenvalue weighted by Gasteiger charge is 2.38. The summed E-state index contributed by atoms with van der Waals surface area (Å²) < 4.78 is 26.9. The second-order valence-corrected chi connectivity index (χ2v) is 5.91. The van der Waals surface area contributed by atoms with Crippen molar-refractivity contribution in [3.05, 3.63) is 77.5 Å². The Morgan fingerprint density at radius 3 is 2.52 bits per heavy atom. The fourth-order valence-corrected chi connectivity index (χ4v) is 2.88. The van der Waals surface area contributed by atoms with E-state index in [-0.39, 0.29) is 5.41 Å². The number of nitrogens with zero attached hydrogens (tertiary/aromatic N) is 1. The lowest BCUT2D eigenvalue weighted by molar-refractivity contribution is 0.568. The Morgan fingerprint density at radius 1 is 1.10 bits per heavy atom. The maximum absolute atomic E-state index is 13.9. The third-order valence-electron chi connectivity index (χ3n) is 4.26. The van der Waals surface area contributed by atoms with Crippen LogP contribution in [-0.4, -0.2) is 0 Å². The Kier molecular flexibility index (Phi) is 3.08. The summed E-state index contributed by atoms with van der Waals surface area (Å²) in [7, 11) is 0. The van der Waals surface area contributed by atoms with Gasteiger partial charge in [0.15, 0.2) is 0 Å². The Labute approximate surface area is 123 Å². The molecule has 1 aliphatic rings. The number of anilines is 1. The molecular weight excluding hydrogens is 268 g/mol. The van der Waals surface area contributed by atoms with Gasteiger partial charge in [0.1, 0.15) is 11.6 Å². The van der Waals surface area contributed by atoms with Crippen molar-refractivity contribution in [2.24, 2.45) is 0 Å². The van der Waals surface area contributed by atoms with Crippen molar-refractivity contribution in [1.82, 2.24) is 0 Å². The third-order valence-corrected chi connectivity index (χ3v) is 4.26. The first-order chi connectivity index (χ1) is 9.91. The van der Waals surface area contributed by atoms with Gasteiger partial charge in [0, 0.05) is 28.4 Å². The minimum Gasteiger partial charge on any atom is -0.340 e. The van der Waals surface area contributed by atoms with Crippen molar-refractivity contribution in [3.8, 4) is 0 Å². The number of fused-ring (bicyclic) bond motifs is 1. The molecule has 1 heterocycles. The zero-order valence-electron chi connectivity index (χ0n) is 12.2. The highest BCUT2D eigenvalue weighted by Crippen LogP contribution is 2.47. The third kappa shape index (κ3) is 2.13. The molecule has 3 heteroatoms. The normalized spacial score (nSPS) is 16.2. The number of hydrogen-bond acceptors (Lipinski definition) is 1. The first-order valence-electron chi connectivity index (χ1n) is 6.91. The molecule has 2 aromatic rings. The Morgan fingerprint density at radius 2 is 1.81 bits per heavy atom. The Bertz CT molecular complexity index is 719. The highest BCUT2D eigenvalue weighted by atomic mass is 19.1. The summed E-state index contributed by atoms with van der Waals surface area (Å²) in [4.78, 5) is 2.01. The lowest BCUT2D eigenvalue weighted by Gasteiger charge is -2.26. The molecule has 0 aliphatic carbocycles. The van der Waals surface area contributed by atoms with Crippen molar-refractivity contribution in [2.45, 2.75) is 25.8 Å². The van der Waals surface area contributed by atoms with E-state index in [1.807, 2.05) is 23.1 Å². The average molecular weight is 285 g/mol. The van der Waals surface area contributed by atoms with Crippen molar-refractivity contribution >= 4 is 5.69 Å². The van der Waals surface area contributed by atoms with Crippen molar-refractivity contribution in [1.29, 1.82) is 0 Å². The molecule has 0 saturated carbocycles. The molecule has 0 bridgehead atoms. The van der Waals surface area contributed by atoms with E-state index in [1.165, 1.54) is 17.7 Å². The van der Waals surface area contributed by atoms with Crippen LogP contribution in [0.15, 0.2) is 54.7 Å². The molecule has 0 radical (unpaired) electrons. The fraction of sp³-hybridized carbons (Fsp3) is 0.222. The maximum atomic E-state index is 13.9. The molecule has 1 aliphatic heterocycles. The first kappa shape index (κ1) is 13.8. The lowest BCUT2D eigenvalue weighted by atomic mass is 9.84. The summed E-state index contributed by atoms with van der Waals surface area (Å²) >= 11 is 0. The highest BCUT2D eigenvalue weighted by molar-refractivity contribution is 5.69. The van der Waals surface area contributed by atoms with Gasteiger partial charge >= 0.3 is 0 Å². The van der Waals surface area contributed by atoms with Gasteiger partial charge in [0.2, 0.25) is 0 Å².